The second-order valence-corrected chi connectivity index (χ2v) is 9.12. The maximum atomic E-state index is 13.9. The molecule has 2 heterocycles. The van der Waals surface area contributed by atoms with Crippen molar-refractivity contribution in [2.75, 3.05) is 7.11 Å². The number of non-ortho nitro benzene ring substituents is 1. The van der Waals surface area contributed by atoms with E-state index in [0.29, 0.717) is 41.0 Å². The van der Waals surface area contributed by atoms with Gasteiger partial charge in [-0.05, 0) is 41.8 Å². The summed E-state index contributed by atoms with van der Waals surface area (Å²) in [6.07, 6.45) is 2.51. The molecule has 9 heteroatoms. The summed E-state index contributed by atoms with van der Waals surface area (Å²) < 4.78 is 7.25. The Bertz CT molecular complexity index is 1810. The molecule has 4 aromatic rings. The van der Waals surface area contributed by atoms with E-state index in [1.807, 2.05) is 43.3 Å². The summed E-state index contributed by atoms with van der Waals surface area (Å²) >= 11 is 0. The van der Waals surface area contributed by atoms with E-state index in [1.165, 1.54) is 16.7 Å². The van der Waals surface area contributed by atoms with Crippen LogP contribution in [0.2, 0.25) is 0 Å². The second-order valence-electron chi connectivity index (χ2n) is 9.12. The van der Waals surface area contributed by atoms with Crippen LogP contribution < -0.4 is 21.3 Å². The average molecular weight is 511 g/mol. The van der Waals surface area contributed by atoms with E-state index in [9.17, 15) is 19.7 Å². The van der Waals surface area contributed by atoms with Crippen LogP contribution in [-0.4, -0.2) is 27.4 Å². The van der Waals surface area contributed by atoms with Gasteiger partial charge in [0.05, 0.1) is 23.8 Å². The van der Waals surface area contributed by atoms with E-state index in [1.54, 1.807) is 32.2 Å². The Morgan fingerprint density at radius 1 is 1.18 bits per heavy atom. The molecule has 1 N–H and O–H groups in total. The van der Waals surface area contributed by atoms with Crippen LogP contribution in [0.3, 0.4) is 0 Å². The fourth-order valence-electron chi connectivity index (χ4n) is 5.05. The van der Waals surface area contributed by atoms with Gasteiger partial charge in [0.2, 0.25) is 5.62 Å². The minimum Gasteiger partial charge on any atom is -0.496 e. The standard InChI is InChI=1S/C29H26N4O5/c1-4-8-23(34)25-17(2)30-29-31-22(16-18-9-7-11-20(15-18)33(36)37)28(35)32(29)27(25)26-21-12-6-5-10-19(21)13-14-24(26)38-3/h5-7,9-16,27H,4,8H2,1-3H3,(H,30,31)/b22-16-. The topological polar surface area (TPSA) is 120 Å². The van der Waals surface area contributed by atoms with Crippen LogP contribution in [-0.2, 0) is 4.79 Å². The molecule has 38 heavy (non-hydrogen) atoms. The summed E-state index contributed by atoms with van der Waals surface area (Å²) in [6.45, 7) is 3.70. The van der Waals surface area contributed by atoms with Gasteiger partial charge in [-0.1, -0.05) is 49.4 Å². The molecule has 1 aliphatic rings. The molecule has 0 bridgehead atoms. The second kappa shape index (κ2) is 9.93. The van der Waals surface area contributed by atoms with Crippen LogP contribution in [0, 0.1) is 10.1 Å². The number of fused-ring (bicyclic) bond motifs is 2. The number of ether oxygens (including phenoxy) is 1. The lowest BCUT2D eigenvalue weighted by Crippen LogP contribution is -2.40. The average Bonchev–Trinajstić information content (AvgIpc) is 3.21. The lowest BCUT2D eigenvalue weighted by Gasteiger charge is -2.27. The number of imidazole rings is 1. The van der Waals surface area contributed by atoms with Gasteiger partial charge < -0.3 is 9.72 Å². The Labute approximate surface area is 217 Å². The summed E-state index contributed by atoms with van der Waals surface area (Å²) in [5.41, 5.74) is 1.96. The molecule has 5 rings (SSSR count). The van der Waals surface area contributed by atoms with Crippen LogP contribution in [0.5, 0.6) is 5.75 Å². The normalized spacial score (nSPS) is 15.3. The highest BCUT2D eigenvalue weighted by Crippen LogP contribution is 2.40. The molecule has 0 saturated carbocycles. The van der Waals surface area contributed by atoms with Crippen molar-refractivity contribution in [1.82, 2.24) is 9.55 Å². The maximum absolute atomic E-state index is 13.9. The SMILES string of the molecule is CCCC(=O)C1=C(C)N=c2[nH]/c(=C\c3cccc([N+](=O)[O-])c3)c(=O)n2C1c1c(OC)ccc2ccccc12. The highest BCUT2D eigenvalue weighted by Gasteiger charge is 2.34. The van der Waals surface area contributed by atoms with E-state index in [-0.39, 0.29) is 22.4 Å². The molecule has 192 valence electrons. The van der Waals surface area contributed by atoms with E-state index in [4.69, 9.17) is 4.74 Å². The van der Waals surface area contributed by atoms with Crippen molar-refractivity contribution >= 4 is 28.3 Å². The predicted molar refractivity (Wildman–Crippen MR) is 144 cm³/mol. The number of hydrogen-bond donors (Lipinski definition) is 1. The van der Waals surface area contributed by atoms with E-state index in [2.05, 4.69) is 9.98 Å². The maximum Gasteiger partial charge on any atom is 0.277 e. The number of carbonyl (C=O) groups excluding carboxylic acids is 1. The molecule has 1 aliphatic heterocycles. The fraction of sp³-hybridized carbons (Fsp3) is 0.207. The number of ketones is 1. The molecule has 0 amide bonds. The number of nitro groups is 1. The first-order valence-corrected chi connectivity index (χ1v) is 12.3. The number of aromatic nitrogens is 2. The highest BCUT2D eigenvalue weighted by molar-refractivity contribution is 5.99. The lowest BCUT2D eigenvalue weighted by molar-refractivity contribution is -0.384. The van der Waals surface area contributed by atoms with Crippen molar-refractivity contribution in [2.24, 2.45) is 4.99 Å². The zero-order valence-corrected chi connectivity index (χ0v) is 21.2. The largest absolute Gasteiger partial charge is 0.496 e. The zero-order valence-electron chi connectivity index (χ0n) is 21.2. The molecular formula is C29H26N4O5. The number of allylic oxidation sites excluding steroid dienone is 2. The number of carbonyl (C=O) groups is 1. The van der Waals surface area contributed by atoms with Crippen molar-refractivity contribution in [1.29, 1.82) is 0 Å². The minimum absolute atomic E-state index is 0.0804. The highest BCUT2D eigenvalue weighted by atomic mass is 16.6. The molecule has 0 aliphatic carbocycles. The molecule has 9 nitrogen and oxygen atoms in total. The fourth-order valence-corrected chi connectivity index (χ4v) is 5.05. The first-order chi connectivity index (χ1) is 18.3. The summed E-state index contributed by atoms with van der Waals surface area (Å²) in [5.74, 6) is 0.463. The zero-order chi connectivity index (χ0) is 27.0. The number of rotatable bonds is 7. The molecule has 0 fully saturated rings. The van der Waals surface area contributed by atoms with E-state index >= 15 is 0 Å². The van der Waals surface area contributed by atoms with E-state index < -0.39 is 16.5 Å². The van der Waals surface area contributed by atoms with Crippen LogP contribution in [0.15, 0.2) is 81.7 Å². The smallest absolute Gasteiger partial charge is 0.277 e. The number of nitro benzene ring substituents is 1. The molecule has 1 unspecified atom stereocenters. The minimum atomic E-state index is -0.779. The Morgan fingerprint density at radius 3 is 2.71 bits per heavy atom. The number of H-pyrrole nitrogens is 1. The van der Waals surface area contributed by atoms with Gasteiger partial charge in [0.1, 0.15) is 11.1 Å². The number of Topliss-reactive ketones (excluding diaryl/α,β-unsaturated/α-hetero) is 1. The van der Waals surface area contributed by atoms with Crippen molar-refractivity contribution in [3.63, 3.8) is 0 Å². The summed E-state index contributed by atoms with van der Waals surface area (Å²) in [6, 6.07) is 16.8. The van der Waals surface area contributed by atoms with Gasteiger partial charge in [-0.2, -0.15) is 0 Å². The number of hydrogen-bond acceptors (Lipinski definition) is 6. The summed E-state index contributed by atoms with van der Waals surface area (Å²) in [7, 11) is 1.56. The molecule has 3 aromatic carbocycles. The number of aromatic amines is 1. The van der Waals surface area contributed by atoms with Gasteiger partial charge in [0.15, 0.2) is 5.78 Å². The summed E-state index contributed by atoms with van der Waals surface area (Å²) in [4.78, 5) is 45.9. The lowest BCUT2D eigenvalue weighted by atomic mass is 9.87. The molecule has 0 saturated heterocycles. The third kappa shape index (κ3) is 4.21. The van der Waals surface area contributed by atoms with Crippen molar-refractivity contribution < 1.29 is 14.5 Å². The first-order valence-electron chi connectivity index (χ1n) is 12.3. The number of nitrogens with zero attached hydrogens (tertiary/aromatic N) is 3. The Balaban J connectivity index is 1.83. The van der Waals surface area contributed by atoms with Gasteiger partial charge in [0, 0.05) is 29.7 Å². The van der Waals surface area contributed by atoms with Crippen molar-refractivity contribution in [2.45, 2.75) is 32.7 Å². The third-order valence-corrected chi connectivity index (χ3v) is 6.71. The quantitative estimate of drug-likeness (QED) is 0.298. The van der Waals surface area contributed by atoms with Gasteiger partial charge >= 0.3 is 0 Å². The molecule has 0 spiro atoms. The van der Waals surface area contributed by atoms with Crippen LogP contribution in [0.4, 0.5) is 5.69 Å². The van der Waals surface area contributed by atoms with Gasteiger partial charge in [-0.25, -0.2) is 4.99 Å². The predicted octanol–water partition coefficient (Wildman–Crippen LogP) is 3.94. The monoisotopic (exact) mass is 510 g/mol. The Kier molecular flexibility index (Phi) is 6.50. The van der Waals surface area contributed by atoms with Crippen molar-refractivity contribution in [3.05, 3.63) is 114 Å². The van der Waals surface area contributed by atoms with Crippen molar-refractivity contribution in [3.8, 4) is 5.75 Å². The van der Waals surface area contributed by atoms with Crippen LogP contribution in [0.1, 0.15) is 43.9 Å². The molecule has 1 atom stereocenters. The molecule has 1 aromatic heterocycles. The Hall–Kier alpha value is -4.79. The van der Waals surface area contributed by atoms with Gasteiger partial charge in [0.25, 0.3) is 11.2 Å². The van der Waals surface area contributed by atoms with Crippen LogP contribution >= 0.6 is 0 Å². The number of methoxy groups -OCH3 is 1. The molecule has 0 radical (unpaired) electrons. The van der Waals surface area contributed by atoms with Gasteiger partial charge in [-0.3, -0.25) is 24.3 Å². The first kappa shape index (κ1) is 24.9. The number of nitrogens with one attached hydrogen (secondary N) is 1. The van der Waals surface area contributed by atoms with Gasteiger partial charge in [-0.15, -0.1) is 0 Å². The number of benzene rings is 3. The molecular weight excluding hydrogens is 484 g/mol. The Morgan fingerprint density at radius 2 is 1.97 bits per heavy atom. The van der Waals surface area contributed by atoms with E-state index in [0.717, 1.165) is 10.8 Å². The van der Waals surface area contributed by atoms with Crippen LogP contribution in [0.25, 0.3) is 16.8 Å². The third-order valence-electron chi connectivity index (χ3n) is 6.71. The summed E-state index contributed by atoms with van der Waals surface area (Å²) in [5, 5.41) is 13.2.